The summed E-state index contributed by atoms with van der Waals surface area (Å²) in [5.74, 6) is 3.93. The first-order valence-corrected chi connectivity index (χ1v) is 3.21. The Morgan fingerprint density at radius 2 is 2.00 bits per heavy atom. The Kier molecular flexibility index (Phi) is 3.98. The van der Waals surface area contributed by atoms with E-state index in [2.05, 4.69) is 5.92 Å². The van der Waals surface area contributed by atoms with Crippen LogP contribution in [-0.4, -0.2) is 17.4 Å². The molecule has 0 aliphatic rings. The Balaban J connectivity index is 3.89. The molecule has 0 rings (SSSR count). The van der Waals surface area contributed by atoms with E-state index in [1.54, 1.807) is 12.8 Å². The van der Waals surface area contributed by atoms with Crippen molar-refractivity contribution in [2.24, 2.45) is 0 Å². The molecular weight excluding hydrogens is 157 g/mol. The fourth-order valence-corrected chi connectivity index (χ4v) is 0.376. The predicted molar refractivity (Wildman–Crippen MR) is 34.7 cm³/mol. The van der Waals surface area contributed by atoms with Crippen molar-refractivity contribution in [1.29, 1.82) is 0 Å². The zero-order chi connectivity index (χ0) is 8.91. The minimum atomic E-state index is -4.61. The zero-order valence-corrected chi connectivity index (χ0v) is 6.07. The largest absolute Gasteiger partial charge is 0.425 e. The Morgan fingerprint density at radius 1 is 1.45 bits per heavy atom. The van der Waals surface area contributed by atoms with E-state index in [-0.39, 0.29) is 0 Å². The monoisotopic (exact) mass is 166 g/mol. The van der Waals surface area contributed by atoms with E-state index < -0.39 is 12.3 Å². The van der Waals surface area contributed by atoms with Crippen molar-refractivity contribution >= 4 is 0 Å². The second kappa shape index (κ2) is 4.24. The van der Waals surface area contributed by atoms with Gasteiger partial charge in [0.25, 0.3) is 0 Å². The Morgan fingerprint density at radius 3 is 2.36 bits per heavy atom. The third-order valence-corrected chi connectivity index (χ3v) is 0.924. The van der Waals surface area contributed by atoms with Gasteiger partial charge in [-0.05, 0) is 6.42 Å². The molecule has 0 fully saturated rings. The zero-order valence-electron chi connectivity index (χ0n) is 6.07. The molecule has 0 aliphatic carbocycles. The Hall–Kier alpha value is -0.690. The van der Waals surface area contributed by atoms with E-state index in [0.29, 0.717) is 12.8 Å². The van der Waals surface area contributed by atoms with Crippen molar-refractivity contribution in [2.75, 3.05) is 0 Å². The number of hydrogen-bond donors (Lipinski definition) is 1. The molecule has 64 valence electrons. The maximum atomic E-state index is 11.5. The van der Waals surface area contributed by atoms with Crippen LogP contribution >= 0.6 is 0 Å². The molecule has 0 aromatic rings. The summed E-state index contributed by atoms with van der Waals surface area (Å²) in [4.78, 5) is 0. The lowest BCUT2D eigenvalue weighted by molar-refractivity contribution is -0.184. The first-order valence-electron chi connectivity index (χ1n) is 3.21. The number of aliphatic hydroxyl groups is 1. The smallest absolute Gasteiger partial charge is 0.372 e. The number of alkyl halides is 3. The van der Waals surface area contributed by atoms with Crippen molar-refractivity contribution < 1.29 is 18.3 Å². The molecule has 0 bridgehead atoms. The number of halogens is 3. The van der Waals surface area contributed by atoms with E-state index in [1.165, 1.54) is 0 Å². The van der Waals surface area contributed by atoms with Gasteiger partial charge in [-0.3, -0.25) is 0 Å². The molecule has 0 amide bonds. The highest BCUT2D eigenvalue weighted by molar-refractivity contribution is 5.06. The van der Waals surface area contributed by atoms with Crippen molar-refractivity contribution in [3.8, 4) is 11.8 Å². The maximum Gasteiger partial charge on any atom is 0.425 e. The summed E-state index contributed by atoms with van der Waals surface area (Å²) in [6.45, 7) is 1.80. The van der Waals surface area contributed by atoms with Crippen LogP contribution in [0, 0.1) is 11.8 Å². The third kappa shape index (κ3) is 4.68. The molecule has 0 saturated heterocycles. The van der Waals surface area contributed by atoms with Crippen LogP contribution in [0.5, 0.6) is 0 Å². The minimum Gasteiger partial charge on any atom is -0.372 e. The van der Waals surface area contributed by atoms with Crippen LogP contribution in [0.2, 0.25) is 0 Å². The summed E-state index contributed by atoms with van der Waals surface area (Å²) in [7, 11) is 0. The van der Waals surface area contributed by atoms with Gasteiger partial charge in [-0.1, -0.05) is 12.8 Å². The van der Waals surface area contributed by atoms with Crippen LogP contribution < -0.4 is 0 Å². The van der Waals surface area contributed by atoms with E-state index >= 15 is 0 Å². The van der Waals surface area contributed by atoms with Gasteiger partial charge in [0.1, 0.15) is 0 Å². The SMILES string of the molecule is CCCC#CC(O)C(F)(F)F. The molecular formula is C7H9F3O. The van der Waals surface area contributed by atoms with Gasteiger partial charge in [0.05, 0.1) is 0 Å². The number of unbranched alkanes of at least 4 members (excludes halogenated alkanes) is 1. The third-order valence-electron chi connectivity index (χ3n) is 0.924. The fraction of sp³-hybridized carbons (Fsp3) is 0.714. The summed E-state index contributed by atoms with van der Waals surface area (Å²) >= 11 is 0. The molecule has 0 spiro atoms. The molecule has 1 N–H and O–H groups in total. The van der Waals surface area contributed by atoms with Crippen molar-refractivity contribution in [3.63, 3.8) is 0 Å². The molecule has 11 heavy (non-hydrogen) atoms. The Labute approximate surface area is 63.2 Å². The van der Waals surface area contributed by atoms with E-state index in [4.69, 9.17) is 5.11 Å². The van der Waals surface area contributed by atoms with Crippen LogP contribution in [-0.2, 0) is 0 Å². The van der Waals surface area contributed by atoms with Crippen molar-refractivity contribution in [2.45, 2.75) is 32.0 Å². The van der Waals surface area contributed by atoms with Crippen LogP contribution in [0.25, 0.3) is 0 Å². The normalized spacial score (nSPS) is 13.5. The van der Waals surface area contributed by atoms with Crippen LogP contribution in [0.15, 0.2) is 0 Å². The fourth-order valence-electron chi connectivity index (χ4n) is 0.376. The predicted octanol–water partition coefficient (Wildman–Crippen LogP) is 1.71. The van der Waals surface area contributed by atoms with Gasteiger partial charge in [0.2, 0.25) is 6.10 Å². The summed E-state index contributed by atoms with van der Waals surface area (Å²) in [5, 5.41) is 8.31. The van der Waals surface area contributed by atoms with Gasteiger partial charge >= 0.3 is 6.18 Å². The van der Waals surface area contributed by atoms with Gasteiger partial charge < -0.3 is 5.11 Å². The van der Waals surface area contributed by atoms with Crippen LogP contribution in [0.1, 0.15) is 19.8 Å². The van der Waals surface area contributed by atoms with Gasteiger partial charge in [-0.2, -0.15) is 13.2 Å². The molecule has 0 heterocycles. The summed E-state index contributed by atoms with van der Waals surface area (Å²) in [6, 6.07) is 0. The lowest BCUT2D eigenvalue weighted by Crippen LogP contribution is -2.26. The van der Waals surface area contributed by atoms with E-state index in [1.807, 2.05) is 0 Å². The average Bonchev–Trinajstić information content (AvgIpc) is 1.86. The minimum absolute atomic E-state index is 0.382. The highest BCUT2D eigenvalue weighted by atomic mass is 19.4. The van der Waals surface area contributed by atoms with Gasteiger partial charge in [0, 0.05) is 6.42 Å². The first-order chi connectivity index (χ1) is 4.98. The summed E-state index contributed by atoms with van der Waals surface area (Å²) in [6.07, 6.45) is -6.03. The summed E-state index contributed by atoms with van der Waals surface area (Å²) < 4.78 is 34.6. The van der Waals surface area contributed by atoms with Gasteiger partial charge in [-0.25, -0.2) is 0 Å². The molecule has 1 atom stereocenters. The Bertz CT molecular complexity index is 163. The standard InChI is InChI=1S/C7H9F3O/c1-2-3-4-5-6(11)7(8,9)10/h6,11H,2-3H2,1H3. The molecule has 4 heteroatoms. The maximum absolute atomic E-state index is 11.5. The summed E-state index contributed by atoms with van der Waals surface area (Å²) in [5.41, 5.74) is 0. The quantitative estimate of drug-likeness (QED) is 0.588. The molecule has 0 aromatic heterocycles. The average molecular weight is 166 g/mol. The lowest BCUT2D eigenvalue weighted by Gasteiger charge is -2.06. The highest BCUT2D eigenvalue weighted by Crippen LogP contribution is 2.18. The molecule has 0 aliphatic heterocycles. The lowest BCUT2D eigenvalue weighted by atomic mass is 10.3. The van der Waals surface area contributed by atoms with E-state index in [0.717, 1.165) is 0 Å². The van der Waals surface area contributed by atoms with Crippen molar-refractivity contribution in [3.05, 3.63) is 0 Å². The van der Waals surface area contributed by atoms with Crippen LogP contribution in [0.4, 0.5) is 13.2 Å². The topological polar surface area (TPSA) is 20.2 Å². The molecule has 0 aromatic carbocycles. The molecule has 0 radical (unpaired) electrons. The number of aliphatic hydroxyl groups excluding tert-OH is 1. The second-order valence-corrected chi connectivity index (χ2v) is 2.02. The van der Waals surface area contributed by atoms with Crippen LogP contribution in [0.3, 0.4) is 0 Å². The number of rotatable bonds is 1. The van der Waals surface area contributed by atoms with Gasteiger partial charge in [-0.15, -0.1) is 5.92 Å². The number of hydrogen-bond acceptors (Lipinski definition) is 1. The molecule has 1 nitrogen and oxygen atoms in total. The molecule has 1 unspecified atom stereocenters. The van der Waals surface area contributed by atoms with Gasteiger partial charge in [0.15, 0.2) is 0 Å². The molecule has 0 saturated carbocycles. The highest BCUT2D eigenvalue weighted by Gasteiger charge is 2.36. The van der Waals surface area contributed by atoms with Crippen molar-refractivity contribution in [1.82, 2.24) is 0 Å². The van der Waals surface area contributed by atoms with E-state index in [9.17, 15) is 13.2 Å². The first kappa shape index (κ1) is 10.3. The second-order valence-electron chi connectivity index (χ2n) is 2.02.